The Morgan fingerprint density at radius 2 is 1.84 bits per heavy atom. The lowest BCUT2D eigenvalue weighted by Crippen LogP contribution is -2.63. The highest BCUT2D eigenvalue weighted by Crippen LogP contribution is 2.62. The van der Waals surface area contributed by atoms with E-state index < -0.39 is 11.4 Å². The summed E-state index contributed by atoms with van der Waals surface area (Å²) in [6.45, 7) is 1.38. The molecule has 2 fully saturated rings. The fourth-order valence-electron chi connectivity index (χ4n) is 4.15. The zero-order chi connectivity index (χ0) is 12.9. The lowest BCUT2D eigenvalue weighted by atomic mass is 9.59. The first-order valence-corrected chi connectivity index (χ1v) is 7.38. The zero-order valence-electron chi connectivity index (χ0n) is 11.1. The van der Waals surface area contributed by atoms with E-state index in [0.717, 1.165) is 37.7 Å². The van der Waals surface area contributed by atoms with Gasteiger partial charge in [-0.2, -0.15) is 0 Å². The Kier molecular flexibility index (Phi) is 2.53. The number of fused-ring (bicyclic) bond motifs is 5. The van der Waals surface area contributed by atoms with Crippen molar-refractivity contribution < 1.29 is 14.6 Å². The first-order chi connectivity index (χ1) is 9.28. The summed E-state index contributed by atoms with van der Waals surface area (Å²) in [4.78, 5) is 0. The molecule has 0 bridgehead atoms. The molecular formula is C16H20O3. The number of benzene rings is 1. The lowest BCUT2D eigenvalue weighted by molar-refractivity contribution is -0.360. The number of ether oxygens (including phenoxy) is 2. The van der Waals surface area contributed by atoms with Gasteiger partial charge >= 0.3 is 0 Å². The quantitative estimate of drug-likeness (QED) is 0.779. The summed E-state index contributed by atoms with van der Waals surface area (Å²) >= 11 is 0. The molecule has 0 aromatic heterocycles. The van der Waals surface area contributed by atoms with Crippen LogP contribution in [-0.2, 0) is 15.1 Å². The molecule has 102 valence electrons. The second kappa shape index (κ2) is 4.05. The minimum absolute atomic E-state index is 0.171. The summed E-state index contributed by atoms with van der Waals surface area (Å²) in [7, 11) is 0. The van der Waals surface area contributed by atoms with E-state index in [-0.39, 0.29) is 5.92 Å². The molecule has 1 N–H and O–H groups in total. The Balaban J connectivity index is 1.84. The molecule has 4 rings (SSSR count). The molecule has 1 aromatic carbocycles. The standard InChI is InChI=1S/C16H20O3/c17-16-13-7-2-1-6-12(13)14(16)8-3-4-9-15(16)18-10-5-11-19-15/h1-2,6-7,14,17H,3-5,8-11H2/t14-,16-/m1/s1. The van der Waals surface area contributed by atoms with E-state index in [1.54, 1.807) is 0 Å². The van der Waals surface area contributed by atoms with Gasteiger partial charge in [0.05, 0.1) is 13.2 Å². The van der Waals surface area contributed by atoms with Crippen molar-refractivity contribution in [3.05, 3.63) is 35.4 Å². The molecule has 1 heterocycles. The summed E-state index contributed by atoms with van der Waals surface area (Å²) in [5, 5.41) is 11.4. The molecule has 1 spiro atoms. The Hall–Kier alpha value is -0.900. The van der Waals surface area contributed by atoms with E-state index in [0.29, 0.717) is 13.2 Å². The van der Waals surface area contributed by atoms with Crippen molar-refractivity contribution in [2.45, 2.75) is 49.4 Å². The largest absolute Gasteiger partial charge is 0.379 e. The van der Waals surface area contributed by atoms with Crippen molar-refractivity contribution in [2.75, 3.05) is 13.2 Å². The van der Waals surface area contributed by atoms with Gasteiger partial charge in [0, 0.05) is 12.3 Å². The summed E-state index contributed by atoms with van der Waals surface area (Å²) in [6.07, 6.45) is 4.95. The Labute approximate surface area is 113 Å². The predicted octanol–water partition coefficient (Wildman–Crippen LogP) is 2.68. The van der Waals surface area contributed by atoms with Gasteiger partial charge in [0.1, 0.15) is 0 Å². The maximum Gasteiger partial charge on any atom is 0.202 e. The Bertz CT molecular complexity index is 493. The molecule has 3 heteroatoms. The Morgan fingerprint density at radius 1 is 1.05 bits per heavy atom. The first-order valence-electron chi connectivity index (χ1n) is 7.38. The third-order valence-electron chi connectivity index (χ3n) is 5.04. The van der Waals surface area contributed by atoms with Crippen LogP contribution in [0.1, 0.15) is 49.1 Å². The van der Waals surface area contributed by atoms with E-state index in [1.807, 2.05) is 12.1 Å². The monoisotopic (exact) mass is 260 g/mol. The van der Waals surface area contributed by atoms with Crippen LogP contribution in [0.15, 0.2) is 24.3 Å². The van der Waals surface area contributed by atoms with Gasteiger partial charge in [-0.05, 0) is 30.4 Å². The van der Waals surface area contributed by atoms with Gasteiger partial charge in [-0.3, -0.25) is 0 Å². The minimum Gasteiger partial charge on any atom is -0.379 e. The van der Waals surface area contributed by atoms with Crippen LogP contribution in [0.4, 0.5) is 0 Å². The average Bonchev–Trinajstić information content (AvgIpc) is 2.57. The summed E-state index contributed by atoms with van der Waals surface area (Å²) in [5.41, 5.74) is 1.35. The highest BCUT2D eigenvalue weighted by Gasteiger charge is 2.65. The third kappa shape index (κ3) is 1.38. The fourth-order valence-corrected chi connectivity index (χ4v) is 4.15. The van der Waals surface area contributed by atoms with Crippen LogP contribution >= 0.6 is 0 Å². The molecule has 1 saturated carbocycles. The molecule has 1 aromatic rings. The normalized spacial score (nSPS) is 35.9. The fraction of sp³-hybridized carbons (Fsp3) is 0.625. The highest BCUT2D eigenvalue weighted by atomic mass is 16.7. The first kappa shape index (κ1) is 11.9. The second-order valence-corrected chi connectivity index (χ2v) is 5.96. The Morgan fingerprint density at radius 3 is 2.68 bits per heavy atom. The van der Waals surface area contributed by atoms with Gasteiger partial charge < -0.3 is 14.6 Å². The molecule has 1 aliphatic heterocycles. The molecule has 2 aliphatic carbocycles. The number of aliphatic hydroxyl groups is 1. The van der Waals surface area contributed by atoms with Crippen LogP contribution in [0.25, 0.3) is 0 Å². The molecule has 0 radical (unpaired) electrons. The van der Waals surface area contributed by atoms with Crippen molar-refractivity contribution in [2.24, 2.45) is 0 Å². The maximum absolute atomic E-state index is 11.4. The summed E-state index contributed by atoms with van der Waals surface area (Å²) < 4.78 is 12.0. The van der Waals surface area contributed by atoms with Crippen molar-refractivity contribution in [1.82, 2.24) is 0 Å². The van der Waals surface area contributed by atoms with Crippen molar-refractivity contribution in [3.63, 3.8) is 0 Å². The van der Waals surface area contributed by atoms with E-state index in [2.05, 4.69) is 12.1 Å². The molecular weight excluding hydrogens is 240 g/mol. The van der Waals surface area contributed by atoms with Gasteiger partial charge in [0.2, 0.25) is 5.79 Å². The van der Waals surface area contributed by atoms with Crippen molar-refractivity contribution in [1.29, 1.82) is 0 Å². The molecule has 0 amide bonds. The molecule has 1 saturated heterocycles. The topological polar surface area (TPSA) is 38.7 Å². The smallest absolute Gasteiger partial charge is 0.202 e. The van der Waals surface area contributed by atoms with E-state index in [4.69, 9.17) is 9.47 Å². The van der Waals surface area contributed by atoms with Crippen LogP contribution in [0.3, 0.4) is 0 Å². The van der Waals surface area contributed by atoms with Gasteiger partial charge in [0.15, 0.2) is 5.60 Å². The zero-order valence-corrected chi connectivity index (χ0v) is 11.1. The molecule has 19 heavy (non-hydrogen) atoms. The molecule has 0 unspecified atom stereocenters. The highest BCUT2D eigenvalue weighted by molar-refractivity contribution is 5.50. The number of hydrogen-bond donors (Lipinski definition) is 1. The van der Waals surface area contributed by atoms with E-state index in [1.165, 1.54) is 5.56 Å². The van der Waals surface area contributed by atoms with Crippen LogP contribution in [0.2, 0.25) is 0 Å². The van der Waals surface area contributed by atoms with Crippen LogP contribution in [0.5, 0.6) is 0 Å². The van der Waals surface area contributed by atoms with Gasteiger partial charge in [-0.1, -0.05) is 30.7 Å². The van der Waals surface area contributed by atoms with Crippen LogP contribution in [-0.4, -0.2) is 24.1 Å². The van der Waals surface area contributed by atoms with Gasteiger partial charge in [-0.25, -0.2) is 0 Å². The average molecular weight is 260 g/mol. The van der Waals surface area contributed by atoms with Crippen LogP contribution < -0.4 is 0 Å². The van der Waals surface area contributed by atoms with Crippen molar-refractivity contribution in [3.8, 4) is 0 Å². The molecule has 3 nitrogen and oxygen atoms in total. The van der Waals surface area contributed by atoms with Crippen molar-refractivity contribution >= 4 is 0 Å². The van der Waals surface area contributed by atoms with E-state index >= 15 is 0 Å². The third-order valence-corrected chi connectivity index (χ3v) is 5.04. The minimum atomic E-state index is -0.944. The molecule has 2 atom stereocenters. The van der Waals surface area contributed by atoms with E-state index in [9.17, 15) is 5.11 Å². The second-order valence-electron chi connectivity index (χ2n) is 5.96. The predicted molar refractivity (Wildman–Crippen MR) is 70.8 cm³/mol. The van der Waals surface area contributed by atoms with Gasteiger partial charge in [0.25, 0.3) is 0 Å². The number of rotatable bonds is 0. The summed E-state index contributed by atoms with van der Waals surface area (Å²) in [5.74, 6) is -0.634. The SMILES string of the molecule is O[C@]12c3ccccc3[C@H]1CCCCC21OCCCO1. The van der Waals surface area contributed by atoms with Crippen LogP contribution in [0, 0.1) is 0 Å². The molecule has 3 aliphatic rings. The van der Waals surface area contributed by atoms with Gasteiger partial charge in [-0.15, -0.1) is 0 Å². The number of hydrogen-bond acceptors (Lipinski definition) is 3. The maximum atomic E-state index is 11.4. The summed E-state index contributed by atoms with van der Waals surface area (Å²) in [6, 6.07) is 8.21. The lowest BCUT2D eigenvalue weighted by Gasteiger charge is -2.57.